The first-order valence-corrected chi connectivity index (χ1v) is 5.82. The van der Waals surface area contributed by atoms with Gasteiger partial charge >= 0.3 is 0 Å². The van der Waals surface area contributed by atoms with Crippen LogP contribution >= 0.6 is 0 Å². The summed E-state index contributed by atoms with van der Waals surface area (Å²) in [4.78, 5) is 0. The van der Waals surface area contributed by atoms with Crippen LogP contribution in [0.3, 0.4) is 0 Å². The maximum absolute atomic E-state index is 7.11. The minimum Gasteiger partial charge on any atom is -0.388 e. The number of hydrogen-bond acceptors (Lipinski definition) is 2. The summed E-state index contributed by atoms with van der Waals surface area (Å²) in [5, 5.41) is 10.2. The van der Waals surface area contributed by atoms with Gasteiger partial charge in [0.1, 0.15) is 0 Å². The molecule has 0 atom stereocenters. The molecule has 0 fully saturated rings. The average molecular weight is 235 g/mol. The molecule has 96 valence electrons. The topological polar surface area (TPSA) is 61.9 Å². The first kappa shape index (κ1) is 15.5. The van der Waals surface area contributed by atoms with Crippen molar-refractivity contribution in [3.05, 3.63) is 29.8 Å². The quantitative estimate of drug-likeness (QED) is 0.385. The van der Waals surface area contributed by atoms with E-state index in [1.807, 2.05) is 7.05 Å². The van der Waals surface area contributed by atoms with E-state index in [1.165, 1.54) is 12.0 Å². The third-order valence-corrected chi connectivity index (χ3v) is 2.65. The molecule has 3 nitrogen and oxygen atoms in total. The molecule has 0 saturated carbocycles. The van der Waals surface area contributed by atoms with Crippen molar-refractivity contribution in [3.8, 4) is 0 Å². The van der Waals surface area contributed by atoms with Crippen LogP contribution in [0.15, 0.2) is 24.3 Å². The summed E-state index contributed by atoms with van der Waals surface area (Å²) < 4.78 is 0. The normalized spacial score (nSPS) is 9.47. The van der Waals surface area contributed by atoms with E-state index in [2.05, 4.69) is 29.6 Å². The van der Waals surface area contributed by atoms with Gasteiger partial charge in [-0.3, -0.25) is 5.41 Å². The highest BCUT2D eigenvalue weighted by molar-refractivity contribution is 5.76. The Bertz CT molecular complexity index is 317. The monoisotopic (exact) mass is 235 g/mol. The van der Waals surface area contributed by atoms with Crippen molar-refractivity contribution in [1.82, 2.24) is 0 Å². The predicted molar refractivity (Wildman–Crippen MR) is 76.8 cm³/mol. The van der Waals surface area contributed by atoms with E-state index < -0.39 is 0 Å². The highest BCUT2D eigenvalue weighted by Gasteiger charge is 1.95. The molecule has 0 aliphatic rings. The van der Waals surface area contributed by atoms with Gasteiger partial charge in [-0.2, -0.15) is 0 Å². The Kier molecular flexibility index (Phi) is 7.85. The lowest BCUT2D eigenvalue weighted by Crippen LogP contribution is -2.08. The molecular weight excluding hydrogens is 210 g/mol. The second-order valence-electron chi connectivity index (χ2n) is 4.03. The summed E-state index contributed by atoms with van der Waals surface area (Å²) >= 11 is 0. The van der Waals surface area contributed by atoms with Gasteiger partial charge in [-0.1, -0.05) is 26.0 Å². The molecule has 1 rings (SSSR count). The SMILES string of the molecule is C.CNc1ccc(CCCCCC(=N)N)cc1. The van der Waals surface area contributed by atoms with Crippen molar-refractivity contribution in [2.45, 2.75) is 39.5 Å². The Labute approximate surface area is 105 Å². The van der Waals surface area contributed by atoms with Gasteiger partial charge in [-0.05, 0) is 37.0 Å². The van der Waals surface area contributed by atoms with Gasteiger partial charge in [0.2, 0.25) is 0 Å². The van der Waals surface area contributed by atoms with E-state index in [0.717, 1.165) is 31.4 Å². The molecule has 1 aromatic carbocycles. The number of rotatable bonds is 7. The van der Waals surface area contributed by atoms with Gasteiger partial charge in [0.25, 0.3) is 0 Å². The van der Waals surface area contributed by atoms with Crippen molar-refractivity contribution in [3.63, 3.8) is 0 Å². The molecule has 0 spiro atoms. The highest BCUT2D eigenvalue weighted by Crippen LogP contribution is 2.12. The minimum absolute atomic E-state index is 0. The van der Waals surface area contributed by atoms with Gasteiger partial charge < -0.3 is 11.1 Å². The number of benzene rings is 1. The Hall–Kier alpha value is -1.51. The van der Waals surface area contributed by atoms with Crippen LogP contribution in [0.1, 0.15) is 38.7 Å². The number of unbranched alkanes of at least 4 members (excludes halogenated alkanes) is 2. The first-order chi connectivity index (χ1) is 7.72. The first-order valence-electron chi connectivity index (χ1n) is 5.82. The standard InChI is InChI=1S/C13H21N3.CH4/c1-16-12-9-7-11(8-10-12)5-3-2-4-6-13(14)15;/h7-10,16H,2-6H2,1H3,(H3,14,15);1H4. The summed E-state index contributed by atoms with van der Waals surface area (Å²) in [7, 11) is 1.93. The molecule has 0 aliphatic carbocycles. The lowest BCUT2D eigenvalue weighted by atomic mass is 10.1. The summed E-state index contributed by atoms with van der Waals surface area (Å²) in [6.07, 6.45) is 5.20. The Balaban J connectivity index is 0.00000256. The van der Waals surface area contributed by atoms with Gasteiger partial charge in [-0.25, -0.2) is 0 Å². The zero-order chi connectivity index (χ0) is 11.8. The molecule has 4 N–H and O–H groups in total. The molecule has 17 heavy (non-hydrogen) atoms. The van der Waals surface area contributed by atoms with Gasteiger partial charge in [0.15, 0.2) is 0 Å². The summed E-state index contributed by atoms with van der Waals surface area (Å²) in [6, 6.07) is 8.53. The summed E-state index contributed by atoms with van der Waals surface area (Å²) in [5.74, 6) is 0.304. The molecule has 0 saturated heterocycles. The van der Waals surface area contributed by atoms with Gasteiger partial charge in [-0.15, -0.1) is 0 Å². The molecule has 0 unspecified atom stereocenters. The maximum atomic E-state index is 7.11. The van der Waals surface area contributed by atoms with Crippen molar-refractivity contribution < 1.29 is 0 Å². The van der Waals surface area contributed by atoms with Gasteiger partial charge in [0.05, 0.1) is 5.84 Å². The summed E-state index contributed by atoms with van der Waals surface area (Å²) in [6.45, 7) is 0. The molecule has 0 aliphatic heterocycles. The van der Waals surface area contributed by atoms with E-state index in [4.69, 9.17) is 11.1 Å². The average Bonchev–Trinajstić information content (AvgIpc) is 2.29. The van der Waals surface area contributed by atoms with Crippen LogP contribution in [-0.4, -0.2) is 12.9 Å². The molecular formula is C14H25N3. The zero-order valence-corrected chi connectivity index (χ0v) is 9.92. The van der Waals surface area contributed by atoms with Crippen LogP contribution in [0.4, 0.5) is 5.69 Å². The van der Waals surface area contributed by atoms with E-state index in [9.17, 15) is 0 Å². The van der Waals surface area contributed by atoms with E-state index in [-0.39, 0.29) is 7.43 Å². The Morgan fingerprint density at radius 1 is 1.18 bits per heavy atom. The molecule has 3 heteroatoms. The van der Waals surface area contributed by atoms with Crippen LogP contribution in [0.2, 0.25) is 0 Å². The predicted octanol–water partition coefficient (Wildman–Crippen LogP) is 3.40. The maximum Gasteiger partial charge on any atom is 0.0905 e. The zero-order valence-electron chi connectivity index (χ0n) is 9.92. The van der Waals surface area contributed by atoms with E-state index in [1.54, 1.807) is 0 Å². The fourth-order valence-electron chi connectivity index (χ4n) is 1.66. The second kappa shape index (κ2) is 8.62. The van der Waals surface area contributed by atoms with Crippen molar-refractivity contribution in [2.24, 2.45) is 5.73 Å². The van der Waals surface area contributed by atoms with Gasteiger partial charge in [0, 0.05) is 19.2 Å². The molecule has 0 bridgehead atoms. The van der Waals surface area contributed by atoms with Crippen molar-refractivity contribution >= 4 is 11.5 Å². The van der Waals surface area contributed by atoms with Crippen LogP contribution < -0.4 is 11.1 Å². The van der Waals surface area contributed by atoms with Crippen LogP contribution in [-0.2, 0) is 6.42 Å². The lowest BCUT2D eigenvalue weighted by molar-refractivity contribution is 0.694. The van der Waals surface area contributed by atoms with E-state index in [0.29, 0.717) is 5.84 Å². The Morgan fingerprint density at radius 3 is 2.35 bits per heavy atom. The Morgan fingerprint density at radius 2 is 1.82 bits per heavy atom. The smallest absolute Gasteiger partial charge is 0.0905 e. The number of nitrogens with two attached hydrogens (primary N) is 1. The molecule has 0 radical (unpaired) electrons. The second-order valence-corrected chi connectivity index (χ2v) is 4.03. The third kappa shape index (κ3) is 6.61. The fourth-order valence-corrected chi connectivity index (χ4v) is 1.66. The molecule has 0 heterocycles. The van der Waals surface area contributed by atoms with Crippen LogP contribution in [0.25, 0.3) is 0 Å². The number of hydrogen-bond donors (Lipinski definition) is 3. The lowest BCUT2D eigenvalue weighted by Gasteiger charge is -2.04. The molecule has 1 aromatic rings. The summed E-state index contributed by atoms with van der Waals surface area (Å²) in [5.41, 5.74) is 7.82. The number of nitrogens with one attached hydrogen (secondary N) is 2. The minimum atomic E-state index is 0. The van der Waals surface area contributed by atoms with Crippen LogP contribution in [0.5, 0.6) is 0 Å². The largest absolute Gasteiger partial charge is 0.388 e. The highest BCUT2D eigenvalue weighted by atomic mass is 14.8. The van der Waals surface area contributed by atoms with Crippen molar-refractivity contribution in [2.75, 3.05) is 12.4 Å². The number of amidine groups is 1. The third-order valence-electron chi connectivity index (χ3n) is 2.65. The number of anilines is 1. The van der Waals surface area contributed by atoms with Crippen molar-refractivity contribution in [1.29, 1.82) is 5.41 Å². The van der Waals surface area contributed by atoms with Crippen LogP contribution in [0, 0.1) is 5.41 Å². The molecule has 0 amide bonds. The number of aryl methyl sites for hydroxylation is 1. The molecule has 0 aromatic heterocycles. The fraction of sp³-hybridized carbons (Fsp3) is 0.500. The van der Waals surface area contributed by atoms with E-state index >= 15 is 0 Å².